The van der Waals surface area contributed by atoms with E-state index in [1.54, 1.807) is 18.2 Å². The Balaban J connectivity index is 2.14. The Morgan fingerprint density at radius 2 is 2.10 bits per heavy atom. The van der Waals surface area contributed by atoms with E-state index in [-0.39, 0.29) is 34.0 Å². The van der Waals surface area contributed by atoms with E-state index < -0.39 is 18.6 Å². The number of carbonyl (C=O) groups excluding carboxylic acids is 1. The zero-order chi connectivity index (χ0) is 15.4. The van der Waals surface area contributed by atoms with Crippen molar-refractivity contribution in [1.29, 1.82) is 0 Å². The SMILES string of the molecule is O=C(O)C1=C(CF)NC=C(C(=O)Oc2ccccc2Cl)C1. The number of dihydropyridines is 1. The number of aliphatic carboxylic acids is 1. The molecule has 0 spiro atoms. The maximum Gasteiger partial charge on any atom is 0.341 e. The van der Waals surface area contributed by atoms with Gasteiger partial charge in [0.05, 0.1) is 21.9 Å². The zero-order valence-corrected chi connectivity index (χ0v) is 11.5. The number of alkyl halides is 1. The maximum absolute atomic E-state index is 12.7. The van der Waals surface area contributed by atoms with E-state index in [0.29, 0.717) is 0 Å². The first-order valence-corrected chi connectivity index (χ1v) is 6.34. The molecule has 0 atom stereocenters. The number of para-hydroxylation sites is 1. The molecule has 0 unspecified atom stereocenters. The summed E-state index contributed by atoms with van der Waals surface area (Å²) in [5.41, 5.74) is -0.201. The summed E-state index contributed by atoms with van der Waals surface area (Å²) < 4.78 is 17.8. The van der Waals surface area contributed by atoms with Gasteiger partial charge in [0.1, 0.15) is 12.4 Å². The largest absolute Gasteiger partial charge is 0.478 e. The van der Waals surface area contributed by atoms with Crippen LogP contribution in [0.2, 0.25) is 5.02 Å². The molecule has 0 aromatic heterocycles. The summed E-state index contributed by atoms with van der Waals surface area (Å²) in [6.07, 6.45) is 1.02. The van der Waals surface area contributed by atoms with E-state index in [9.17, 15) is 14.0 Å². The van der Waals surface area contributed by atoms with Gasteiger partial charge in [-0.25, -0.2) is 14.0 Å². The minimum absolute atomic E-state index is 0.0724. The molecule has 5 nitrogen and oxygen atoms in total. The molecule has 0 radical (unpaired) electrons. The third kappa shape index (κ3) is 3.41. The lowest BCUT2D eigenvalue weighted by atomic mass is 10.0. The van der Waals surface area contributed by atoms with Crippen LogP contribution in [-0.4, -0.2) is 23.7 Å². The number of carbonyl (C=O) groups is 2. The molecular formula is C14H11ClFNO4. The van der Waals surface area contributed by atoms with Gasteiger partial charge in [-0.1, -0.05) is 23.7 Å². The van der Waals surface area contributed by atoms with Crippen molar-refractivity contribution in [2.24, 2.45) is 0 Å². The monoisotopic (exact) mass is 311 g/mol. The predicted molar refractivity (Wildman–Crippen MR) is 73.6 cm³/mol. The summed E-state index contributed by atoms with van der Waals surface area (Å²) in [5, 5.41) is 11.7. The molecule has 0 saturated carbocycles. The van der Waals surface area contributed by atoms with Crippen molar-refractivity contribution in [3.8, 4) is 5.75 Å². The number of rotatable bonds is 4. The zero-order valence-electron chi connectivity index (χ0n) is 10.7. The fraction of sp³-hybridized carbons (Fsp3) is 0.143. The Hall–Kier alpha value is -2.34. The van der Waals surface area contributed by atoms with Crippen LogP contribution >= 0.6 is 11.6 Å². The van der Waals surface area contributed by atoms with Gasteiger partial charge < -0.3 is 15.2 Å². The third-order valence-corrected chi connectivity index (χ3v) is 3.16. The summed E-state index contributed by atoms with van der Waals surface area (Å²) in [7, 11) is 0. The van der Waals surface area contributed by atoms with E-state index in [0.717, 1.165) is 0 Å². The second-order valence-corrected chi connectivity index (χ2v) is 4.61. The second kappa shape index (κ2) is 6.41. The lowest BCUT2D eigenvalue weighted by Gasteiger charge is -2.17. The van der Waals surface area contributed by atoms with Gasteiger partial charge in [-0.3, -0.25) is 0 Å². The van der Waals surface area contributed by atoms with Crippen LogP contribution < -0.4 is 10.1 Å². The van der Waals surface area contributed by atoms with Crippen molar-refractivity contribution in [3.63, 3.8) is 0 Å². The van der Waals surface area contributed by atoms with Gasteiger partial charge >= 0.3 is 11.9 Å². The number of esters is 1. The summed E-state index contributed by atoms with van der Waals surface area (Å²) in [6.45, 7) is -0.953. The smallest absolute Gasteiger partial charge is 0.341 e. The predicted octanol–water partition coefficient (Wildman–Crippen LogP) is 2.43. The van der Waals surface area contributed by atoms with Gasteiger partial charge in [0.25, 0.3) is 0 Å². The molecule has 0 fully saturated rings. The van der Waals surface area contributed by atoms with E-state index in [4.69, 9.17) is 21.4 Å². The molecule has 0 amide bonds. The number of ether oxygens (including phenoxy) is 1. The van der Waals surface area contributed by atoms with Crippen molar-refractivity contribution in [3.05, 3.63) is 52.3 Å². The van der Waals surface area contributed by atoms with Gasteiger partial charge in [0, 0.05) is 12.6 Å². The first-order valence-electron chi connectivity index (χ1n) is 5.96. The molecule has 1 aliphatic heterocycles. The highest BCUT2D eigenvalue weighted by Gasteiger charge is 2.25. The Labute approximate surface area is 124 Å². The highest BCUT2D eigenvalue weighted by molar-refractivity contribution is 6.32. The molecular weight excluding hydrogens is 301 g/mol. The average molecular weight is 312 g/mol. The summed E-state index contributed by atoms with van der Waals surface area (Å²) in [6, 6.07) is 6.39. The molecule has 2 N–H and O–H groups in total. The van der Waals surface area contributed by atoms with Crippen LogP contribution in [0.25, 0.3) is 0 Å². The number of allylic oxidation sites excluding steroid dienone is 1. The van der Waals surface area contributed by atoms with E-state index in [2.05, 4.69) is 5.32 Å². The molecule has 1 aliphatic rings. The quantitative estimate of drug-likeness (QED) is 0.660. The van der Waals surface area contributed by atoms with Crippen LogP contribution in [-0.2, 0) is 9.59 Å². The Morgan fingerprint density at radius 1 is 1.38 bits per heavy atom. The second-order valence-electron chi connectivity index (χ2n) is 4.21. The van der Waals surface area contributed by atoms with Crippen molar-refractivity contribution in [1.82, 2.24) is 5.32 Å². The average Bonchev–Trinajstić information content (AvgIpc) is 2.48. The van der Waals surface area contributed by atoms with Crippen LogP contribution in [0.3, 0.4) is 0 Å². The maximum atomic E-state index is 12.7. The summed E-state index contributed by atoms with van der Waals surface area (Å²) in [5.74, 6) is -1.86. The molecule has 0 bridgehead atoms. The number of carboxylic acids is 1. The molecule has 1 heterocycles. The first kappa shape index (κ1) is 15.1. The normalized spacial score (nSPS) is 14.3. The highest BCUT2D eigenvalue weighted by Crippen LogP contribution is 2.26. The van der Waals surface area contributed by atoms with Gasteiger partial charge in [-0.2, -0.15) is 0 Å². The molecule has 21 heavy (non-hydrogen) atoms. The fourth-order valence-electron chi connectivity index (χ4n) is 1.76. The van der Waals surface area contributed by atoms with Crippen LogP contribution in [0.4, 0.5) is 4.39 Å². The van der Waals surface area contributed by atoms with Crippen LogP contribution in [0.1, 0.15) is 6.42 Å². The number of hydrogen-bond acceptors (Lipinski definition) is 4. The molecule has 2 rings (SSSR count). The summed E-state index contributed by atoms with van der Waals surface area (Å²) >= 11 is 5.87. The standard InChI is InChI=1S/C14H11ClFNO4/c15-10-3-1-2-4-12(10)21-14(20)8-5-9(13(18)19)11(6-16)17-7-8/h1-4,7,17H,5-6H2,(H,18,19). The van der Waals surface area contributed by atoms with Gasteiger partial charge in [-0.15, -0.1) is 0 Å². The minimum atomic E-state index is -1.29. The van der Waals surface area contributed by atoms with E-state index in [1.807, 2.05) is 0 Å². The van der Waals surface area contributed by atoms with Crippen molar-refractivity contribution in [2.75, 3.05) is 6.67 Å². The van der Waals surface area contributed by atoms with Crippen molar-refractivity contribution >= 4 is 23.5 Å². The van der Waals surface area contributed by atoms with Crippen LogP contribution in [0.5, 0.6) is 5.75 Å². The Bertz CT molecular complexity index is 654. The molecule has 1 aromatic rings. The lowest BCUT2D eigenvalue weighted by molar-refractivity contribution is -0.132. The van der Waals surface area contributed by atoms with Crippen LogP contribution in [0.15, 0.2) is 47.3 Å². The molecule has 1 aromatic carbocycles. The van der Waals surface area contributed by atoms with E-state index >= 15 is 0 Å². The lowest BCUT2D eigenvalue weighted by Crippen LogP contribution is -2.25. The van der Waals surface area contributed by atoms with Crippen molar-refractivity contribution in [2.45, 2.75) is 6.42 Å². The molecule has 0 saturated heterocycles. The summed E-state index contributed by atoms with van der Waals surface area (Å²) in [4.78, 5) is 23.0. The molecule has 7 heteroatoms. The van der Waals surface area contributed by atoms with Crippen LogP contribution in [0, 0.1) is 0 Å². The number of halogens is 2. The number of carboxylic acid groups (broad SMARTS) is 1. The topological polar surface area (TPSA) is 75.6 Å². The number of benzene rings is 1. The number of hydrogen-bond donors (Lipinski definition) is 2. The van der Waals surface area contributed by atoms with Crippen molar-refractivity contribution < 1.29 is 23.8 Å². The van der Waals surface area contributed by atoms with Gasteiger partial charge in [-0.05, 0) is 12.1 Å². The minimum Gasteiger partial charge on any atom is -0.478 e. The Kier molecular flexibility index (Phi) is 4.59. The Morgan fingerprint density at radius 3 is 2.71 bits per heavy atom. The van der Waals surface area contributed by atoms with E-state index in [1.165, 1.54) is 12.3 Å². The first-order chi connectivity index (χ1) is 10.0. The van der Waals surface area contributed by atoms with Gasteiger partial charge in [0.15, 0.2) is 0 Å². The molecule has 110 valence electrons. The fourth-order valence-corrected chi connectivity index (χ4v) is 1.93. The van der Waals surface area contributed by atoms with Gasteiger partial charge in [0.2, 0.25) is 0 Å². The number of nitrogens with one attached hydrogen (secondary N) is 1. The third-order valence-electron chi connectivity index (χ3n) is 2.85. The highest BCUT2D eigenvalue weighted by atomic mass is 35.5. The molecule has 0 aliphatic carbocycles.